The molecule has 1 unspecified atom stereocenters. The minimum atomic E-state index is -0.799. The molecule has 6 nitrogen and oxygen atoms in total. The van der Waals surface area contributed by atoms with Gasteiger partial charge in [0.15, 0.2) is 0 Å². The molecule has 0 bridgehead atoms. The first-order chi connectivity index (χ1) is 13.4. The fourth-order valence-electron chi connectivity index (χ4n) is 3.24. The summed E-state index contributed by atoms with van der Waals surface area (Å²) in [4.78, 5) is 25.9. The first-order valence-electron chi connectivity index (χ1n) is 8.79. The van der Waals surface area contributed by atoms with Gasteiger partial charge >= 0.3 is 6.16 Å². The second kappa shape index (κ2) is 8.94. The number of carbonyl (C=O) groups is 2. The van der Waals surface area contributed by atoms with Crippen LogP contribution in [-0.4, -0.2) is 31.8 Å². The van der Waals surface area contributed by atoms with Crippen LogP contribution in [0.3, 0.4) is 0 Å². The van der Waals surface area contributed by atoms with Gasteiger partial charge in [-0.1, -0.05) is 45.7 Å². The SMILES string of the molecule is COC(=O)Oc1ccc(CC(N)C(=O)N2CCCc3cccc(Cl)c32)c(Br)c1. The molecule has 3 rings (SSSR count). The molecule has 1 aliphatic rings. The smallest absolute Gasteiger partial charge is 0.437 e. The van der Waals surface area contributed by atoms with Crippen LogP contribution in [0, 0.1) is 0 Å². The van der Waals surface area contributed by atoms with E-state index in [1.54, 1.807) is 29.2 Å². The predicted octanol–water partition coefficient (Wildman–Crippen LogP) is 4.10. The molecule has 2 N–H and O–H groups in total. The average Bonchev–Trinajstić information content (AvgIpc) is 2.69. The lowest BCUT2D eigenvalue weighted by Crippen LogP contribution is -2.47. The second-order valence-electron chi connectivity index (χ2n) is 6.46. The van der Waals surface area contributed by atoms with E-state index >= 15 is 0 Å². The number of nitrogens with zero attached hydrogens (tertiary/aromatic N) is 1. The lowest BCUT2D eigenvalue weighted by Gasteiger charge is -2.32. The number of carbonyl (C=O) groups excluding carboxylic acids is 2. The Balaban J connectivity index is 1.75. The van der Waals surface area contributed by atoms with E-state index in [0.717, 1.165) is 29.7 Å². The van der Waals surface area contributed by atoms with Gasteiger partial charge in [0.2, 0.25) is 5.91 Å². The summed E-state index contributed by atoms with van der Waals surface area (Å²) in [6.07, 6.45) is 1.29. The van der Waals surface area contributed by atoms with Crippen molar-refractivity contribution >= 4 is 45.3 Å². The van der Waals surface area contributed by atoms with Crippen molar-refractivity contribution < 1.29 is 19.1 Å². The highest BCUT2D eigenvalue weighted by molar-refractivity contribution is 9.10. The summed E-state index contributed by atoms with van der Waals surface area (Å²) in [7, 11) is 1.24. The highest BCUT2D eigenvalue weighted by Gasteiger charge is 2.28. The number of anilines is 1. The van der Waals surface area contributed by atoms with Gasteiger partial charge in [-0.25, -0.2) is 4.79 Å². The van der Waals surface area contributed by atoms with Crippen molar-refractivity contribution in [3.63, 3.8) is 0 Å². The number of aryl methyl sites for hydroxylation is 1. The molecule has 1 heterocycles. The first-order valence-corrected chi connectivity index (χ1v) is 9.96. The monoisotopic (exact) mass is 466 g/mol. The van der Waals surface area contributed by atoms with Crippen LogP contribution in [0.15, 0.2) is 40.9 Å². The zero-order chi connectivity index (χ0) is 20.3. The number of rotatable bonds is 4. The number of amides is 1. The van der Waals surface area contributed by atoms with E-state index < -0.39 is 12.2 Å². The number of benzene rings is 2. The van der Waals surface area contributed by atoms with E-state index in [2.05, 4.69) is 20.7 Å². The Morgan fingerprint density at radius 1 is 1.32 bits per heavy atom. The molecule has 1 atom stereocenters. The van der Waals surface area contributed by atoms with E-state index in [4.69, 9.17) is 22.1 Å². The molecule has 0 aromatic heterocycles. The molecule has 1 amide bonds. The van der Waals surface area contributed by atoms with Crippen molar-refractivity contribution in [1.29, 1.82) is 0 Å². The Bertz CT molecular complexity index is 906. The molecule has 2 aromatic rings. The van der Waals surface area contributed by atoms with E-state index in [0.29, 0.717) is 28.2 Å². The molecule has 0 saturated heterocycles. The largest absolute Gasteiger partial charge is 0.513 e. The van der Waals surface area contributed by atoms with Crippen molar-refractivity contribution in [2.75, 3.05) is 18.6 Å². The van der Waals surface area contributed by atoms with Crippen molar-refractivity contribution in [3.8, 4) is 5.75 Å². The van der Waals surface area contributed by atoms with Crippen molar-refractivity contribution in [1.82, 2.24) is 0 Å². The number of ether oxygens (including phenoxy) is 2. The third-order valence-electron chi connectivity index (χ3n) is 4.58. The summed E-state index contributed by atoms with van der Waals surface area (Å²) in [5.74, 6) is 0.162. The summed E-state index contributed by atoms with van der Waals surface area (Å²) >= 11 is 9.78. The Morgan fingerprint density at radius 3 is 2.82 bits per heavy atom. The quantitative estimate of drug-likeness (QED) is 0.541. The summed E-state index contributed by atoms with van der Waals surface area (Å²) in [6, 6.07) is 9.96. The van der Waals surface area contributed by atoms with Gasteiger partial charge in [-0.3, -0.25) is 4.79 Å². The van der Waals surface area contributed by atoms with Crippen LogP contribution in [0.25, 0.3) is 0 Å². The zero-order valence-corrected chi connectivity index (χ0v) is 17.6. The molecule has 28 heavy (non-hydrogen) atoms. The van der Waals surface area contributed by atoms with Crippen LogP contribution in [-0.2, 0) is 22.4 Å². The molecule has 2 aromatic carbocycles. The molecule has 8 heteroatoms. The highest BCUT2D eigenvalue weighted by Crippen LogP contribution is 2.34. The molecule has 0 aliphatic carbocycles. The van der Waals surface area contributed by atoms with Crippen LogP contribution >= 0.6 is 27.5 Å². The number of fused-ring (bicyclic) bond motifs is 1. The molecule has 0 spiro atoms. The van der Waals surface area contributed by atoms with Gasteiger partial charge in [0, 0.05) is 11.0 Å². The standard InChI is InChI=1S/C20H20BrClN2O4/c1-27-20(26)28-14-8-7-13(15(21)11-14)10-17(23)19(25)24-9-3-5-12-4-2-6-16(22)18(12)24/h2,4,6-8,11,17H,3,5,9-10,23H2,1H3. The normalized spacial score (nSPS) is 14.2. The average molecular weight is 468 g/mol. The van der Waals surface area contributed by atoms with Crippen molar-refractivity contribution in [2.24, 2.45) is 5.73 Å². The van der Waals surface area contributed by atoms with Crippen molar-refractivity contribution in [2.45, 2.75) is 25.3 Å². The summed E-state index contributed by atoms with van der Waals surface area (Å²) < 4.78 is 10.1. The highest BCUT2D eigenvalue weighted by atomic mass is 79.9. The fourth-order valence-corrected chi connectivity index (χ4v) is 4.06. The minimum Gasteiger partial charge on any atom is -0.437 e. The molecular weight excluding hydrogens is 448 g/mol. The Kier molecular flexibility index (Phi) is 6.59. The molecule has 1 aliphatic heterocycles. The van der Waals surface area contributed by atoms with Crippen LogP contribution in [0.1, 0.15) is 17.5 Å². The predicted molar refractivity (Wildman–Crippen MR) is 111 cm³/mol. The maximum absolute atomic E-state index is 13.0. The molecule has 148 valence electrons. The maximum Gasteiger partial charge on any atom is 0.513 e. The van der Waals surface area contributed by atoms with Gasteiger partial charge in [-0.05, 0) is 48.6 Å². The lowest BCUT2D eigenvalue weighted by molar-refractivity contribution is -0.119. The summed E-state index contributed by atoms with van der Waals surface area (Å²) in [5.41, 5.74) is 8.89. The van der Waals surface area contributed by atoms with Crippen molar-refractivity contribution in [3.05, 3.63) is 57.0 Å². The van der Waals surface area contributed by atoms with Gasteiger partial charge in [-0.2, -0.15) is 0 Å². The van der Waals surface area contributed by atoms with E-state index in [1.165, 1.54) is 7.11 Å². The fraction of sp³-hybridized carbons (Fsp3) is 0.300. The Hall–Kier alpha value is -2.09. The third kappa shape index (κ3) is 4.48. The molecule has 0 saturated carbocycles. The molecular formula is C20H20BrClN2O4. The third-order valence-corrected chi connectivity index (χ3v) is 5.63. The van der Waals surface area contributed by atoms with Gasteiger partial charge in [-0.15, -0.1) is 0 Å². The van der Waals surface area contributed by atoms with Crippen LogP contribution < -0.4 is 15.4 Å². The van der Waals surface area contributed by atoms with Gasteiger partial charge in [0.05, 0.1) is 23.9 Å². The number of hydrogen-bond donors (Lipinski definition) is 1. The number of para-hydroxylation sites is 1. The zero-order valence-electron chi connectivity index (χ0n) is 15.3. The number of hydrogen-bond acceptors (Lipinski definition) is 5. The van der Waals surface area contributed by atoms with Crippen LogP contribution in [0.5, 0.6) is 5.75 Å². The van der Waals surface area contributed by atoms with Crippen LogP contribution in [0.2, 0.25) is 5.02 Å². The van der Waals surface area contributed by atoms with E-state index in [9.17, 15) is 9.59 Å². The lowest BCUT2D eigenvalue weighted by atomic mass is 9.99. The Morgan fingerprint density at radius 2 is 2.11 bits per heavy atom. The number of methoxy groups -OCH3 is 1. The first kappa shape index (κ1) is 20.6. The Labute approximate surface area is 176 Å². The molecule has 0 radical (unpaired) electrons. The van der Waals surface area contributed by atoms with Crippen LogP contribution in [0.4, 0.5) is 10.5 Å². The maximum atomic E-state index is 13.0. The number of nitrogens with two attached hydrogens (primary N) is 1. The summed E-state index contributed by atoms with van der Waals surface area (Å²) in [6.45, 7) is 0.594. The van der Waals surface area contributed by atoms with E-state index in [-0.39, 0.29) is 5.91 Å². The molecule has 0 fully saturated rings. The number of halogens is 2. The topological polar surface area (TPSA) is 81.9 Å². The van der Waals surface area contributed by atoms with Gasteiger partial charge in [0.25, 0.3) is 0 Å². The minimum absolute atomic E-state index is 0.171. The second-order valence-corrected chi connectivity index (χ2v) is 7.72. The van der Waals surface area contributed by atoms with E-state index in [1.807, 2.05) is 12.1 Å². The summed E-state index contributed by atoms with van der Waals surface area (Å²) in [5, 5.41) is 0.559. The van der Waals surface area contributed by atoms with Gasteiger partial charge in [0.1, 0.15) is 5.75 Å². The van der Waals surface area contributed by atoms with Gasteiger partial charge < -0.3 is 20.1 Å².